The minimum atomic E-state index is -0.167. The highest BCUT2D eigenvalue weighted by Crippen LogP contribution is 2.48. The third-order valence-electron chi connectivity index (χ3n) is 9.34. The molecule has 0 atom stereocenters. The van der Waals surface area contributed by atoms with Crippen molar-refractivity contribution in [1.29, 1.82) is 0 Å². The molecule has 0 fully saturated rings. The molecule has 2 aromatic rings. The van der Waals surface area contributed by atoms with Gasteiger partial charge in [-0.2, -0.15) is 4.58 Å². The van der Waals surface area contributed by atoms with Crippen LogP contribution < -0.4 is 4.90 Å². The van der Waals surface area contributed by atoms with Crippen LogP contribution in [-0.4, -0.2) is 36.6 Å². The van der Waals surface area contributed by atoms with Crippen molar-refractivity contribution in [3.8, 4) is 0 Å². The van der Waals surface area contributed by atoms with Gasteiger partial charge in [0.15, 0.2) is 5.71 Å². The molecule has 0 unspecified atom stereocenters. The van der Waals surface area contributed by atoms with E-state index < -0.39 is 0 Å². The zero-order valence-electron chi connectivity index (χ0n) is 27.0. The lowest BCUT2D eigenvalue weighted by Crippen LogP contribution is -2.28. The normalized spacial score (nSPS) is 21.1. The molecule has 0 radical (unpaired) electrons. The number of benzene rings is 2. The summed E-state index contributed by atoms with van der Waals surface area (Å²) >= 11 is 13.6. The second-order valence-corrected chi connectivity index (χ2v) is 14.1. The van der Waals surface area contributed by atoms with Gasteiger partial charge in [-0.05, 0) is 74.3 Å². The fourth-order valence-electron chi connectivity index (χ4n) is 6.76. The van der Waals surface area contributed by atoms with Crippen LogP contribution in [0.15, 0.2) is 82.6 Å². The summed E-state index contributed by atoms with van der Waals surface area (Å²) in [6, 6.07) is 13.1. The quantitative estimate of drug-likeness (QED) is 0.260. The molecule has 3 aliphatic rings. The first kappa shape index (κ1) is 31.8. The predicted octanol–water partition coefficient (Wildman–Crippen LogP) is 10.3. The summed E-state index contributed by atoms with van der Waals surface area (Å²) in [5, 5.41) is 1.57. The Balaban J connectivity index is 1.50. The first-order valence-electron chi connectivity index (χ1n) is 15.9. The van der Waals surface area contributed by atoms with E-state index in [1.807, 2.05) is 6.07 Å². The van der Waals surface area contributed by atoms with Crippen LogP contribution in [0.4, 0.5) is 11.4 Å². The molecular formula is C38H47Cl2N2O+. The molecule has 43 heavy (non-hydrogen) atoms. The molecule has 0 amide bonds. The Bertz CT molecular complexity index is 1550. The minimum Gasteiger partial charge on any atom is -0.372 e. The van der Waals surface area contributed by atoms with Gasteiger partial charge >= 0.3 is 0 Å². The number of hydrogen-bond donors (Lipinski definition) is 0. The fraction of sp³-hybridized carbons (Fsp3) is 0.447. The Kier molecular flexibility index (Phi) is 9.47. The lowest BCUT2D eigenvalue weighted by molar-refractivity contribution is -0.438. The van der Waals surface area contributed by atoms with Crippen molar-refractivity contribution >= 4 is 40.3 Å². The molecule has 0 N–H and O–H groups in total. The Labute approximate surface area is 269 Å². The van der Waals surface area contributed by atoms with Gasteiger partial charge in [-0.1, -0.05) is 87.5 Å². The molecule has 0 bridgehead atoms. The van der Waals surface area contributed by atoms with Gasteiger partial charge in [-0.15, -0.1) is 0 Å². The van der Waals surface area contributed by atoms with Crippen LogP contribution >= 0.6 is 23.2 Å². The summed E-state index contributed by atoms with van der Waals surface area (Å²) in [4.78, 5) is 2.51. The number of ether oxygens (including phenoxy) is 1. The number of anilines is 1. The average Bonchev–Trinajstić information content (AvgIpc) is 3.31. The fourth-order valence-corrected chi connectivity index (χ4v) is 7.16. The van der Waals surface area contributed by atoms with E-state index in [1.165, 1.54) is 39.5 Å². The maximum Gasteiger partial charge on any atom is 0.209 e. The number of allylic oxidation sites excluding steroid dienone is 4. The monoisotopic (exact) mass is 617 g/mol. The Morgan fingerprint density at radius 1 is 0.884 bits per heavy atom. The molecule has 3 nitrogen and oxygen atoms in total. The number of fused-ring (bicyclic) bond motifs is 2. The molecule has 3 heterocycles. The standard InChI is InChI=1S/C38H47Cl2N2O/c1-8-10-20-41-32-16-12-26(3)22-30(32)37(4,5)34(41)18-13-27-24-43-25-28(36(27)40)14-19-35-38(6,7)31-23-29(39)15-17-33(31)42(35)21-11-9-2/h12-19,22-23H,8-11,20-21,24-25H2,1-7H3/q+1. The summed E-state index contributed by atoms with van der Waals surface area (Å²) in [7, 11) is 0. The molecule has 2 aromatic carbocycles. The van der Waals surface area contributed by atoms with Crippen molar-refractivity contribution < 1.29 is 9.31 Å². The highest BCUT2D eigenvalue weighted by atomic mass is 35.5. The predicted molar refractivity (Wildman–Crippen MR) is 185 cm³/mol. The number of rotatable bonds is 9. The molecule has 0 saturated carbocycles. The van der Waals surface area contributed by atoms with E-state index in [0.29, 0.717) is 13.2 Å². The SMILES string of the molecule is CCCCN1/C(=C/C=C2\COCC(/C=C/C3=[N+](CCCC)c4ccc(Cl)cc4C3(C)C)=C2Cl)C(C)(C)c2cc(C)ccc21. The number of aryl methyl sites for hydroxylation is 1. The van der Waals surface area contributed by atoms with Crippen LogP contribution in [0.3, 0.4) is 0 Å². The number of nitrogens with zero attached hydrogens (tertiary/aromatic N) is 2. The topological polar surface area (TPSA) is 15.5 Å². The second-order valence-electron chi connectivity index (χ2n) is 13.2. The van der Waals surface area contributed by atoms with Gasteiger partial charge in [0, 0.05) is 52.5 Å². The van der Waals surface area contributed by atoms with Crippen LogP contribution in [-0.2, 0) is 15.6 Å². The van der Waals surface area contributed by atoms with Crippen LogP contribution in [0.5, 0.6) is 0 Å². The van der Waals surface area contributed by atoms with E-state index in [1.54, 1.807) is 0 Å². The first-order valence-corrected chi connectivity index (χ1v) is 16.7. The summed E-state index contributed by atoms with van der Waals surface area (Å²) in [5.41, 5.74) is 10.9. The Hall–Kier alpha value is -2.59. The third-order valence-corrected chi connectivity index (χ3v) is 10.1. The summed E-state index contributed by atoms with van der Waals surface area (Å²) < 4.78 is 8.55. The molecule has 0 spiro atoms. The van der Waals surface area contributed by atoms with Crippen molar-refractivity contribution in [2.45, 2.75) is 85.0 Å². The number of hydrogen-bond acceptors (Lipinski definition) is 2. The van der Waals surface area contributed by atoms with E-state index in [0.717, 1.165) is 60.0 Å². The number of halogens is 2. The molecule has 0 aliphatic carbocycles. The molecule has 0 aromatic heterocycles. The van der Waals surface area contributed by atoms with Gasteiger partial charge in [0.1, 0.15) is 6.54 Å². The summed E-state index contributed by atoms with van der Waals surface area (Å²) in [6.07, 6.45) is 13.4. The number of unbranched alkanes of at least 4 members (excludes halogenated alkanes) is 2. The molecule has 5 heteroatoms. The average molecular weight is 619 g/mol. The molecule has 5 rings (SSSR count). The summed E-state index contributed by atoms with van der Waals surface area (Å²) in [6.45, 7) is 18.9. The van der Waals surface area contributed by atoms with Gasteiger partial charge in [-0.3, -0.25) is 0 Å². The van der Waals surface area contributed by atoms with Crippen LogP contribution in [0.1, 0.15) is 83.9 Å². The largest absolute Gasteiger partial charge is 0.372 e. The zero-order valence-corrected chi connectivity index (χ0v) is 28.5. The van der Waals surface area contributed by atoms with Gasteiger partial charge in [0.2, 0.25) is 5.69 Å². The maximum atomic E-state index is 7.12. The van der Waals surface area contributed by atoms with E-state index >= 15 is 0 Å². The van der Waals surface area contributed by atoms with E-state index in [4.69, 9.17) is 27.9 Å². The lowest BCUT2D eigenvalue weighted by atomic mass is 9.81. The summed E-state index contributed by atoms with van der Waals surface area (Å²) in [5.74, 6) is 0. The minimum absolute atomic E-state index is 0.0921. The van der Waals surface area contributed by atoms with Crippen molar-refractivity contribution in [2.75, 3.05) is 31.2 Å². The van der Waals surface area contributed by atoms with Gasteiger partial charge in [0.05, 0.1) is 23.7 Å². The third kappa shape index (κ3) is 6.06. The smallest absolute Gasteiger partial charge is 0.209 e. The lowest BCUT2D eigenvalue weighted by Gasteiger charge is -2.27. The molecule has 228 valence electrons. The van der Waals surface area contributed by atoms with E-state index in [2.05, 4.69) is 113 Å². The second kappa shape index (κ2) is 12.8. The van der Waals surface area contributed by atoms with E-state index in [-0.39, 0.29) is 10.8 Å². The van der Waals surface area contributed by atoms with Gasteiger partial charge in [-0.25, -0.2) is 0 Å². The van der Waals surface area contributed by atoms with Crippen molar-refractivity contribution in [3.05, 3.63) is 104 Å². The van der Waals surface area contributed by atoms with E-state index in [9.17, 15) is 0 Å². The highest BCUT2D eigenvalue weighted by Gasteiger charge is 2.44. The van der Waals surface area contributed by atoms with Crippen molar-refractivity contribution in [1.82, 2.24) is 0 Å². The zero-order chi connectivity index (χ0) is 30.9. The Morgan fingerprint density at radius 2 is 1.65 bits per heavy atom. The molecule has 0 saturated heterocycles. The molecule has 3 aliphatic heterocycles. The van der Waals surface area contributed by atoms with Gasteiger partial charge < -0.3 is 9.64 Å². The first-order chi connectivity index (χ1) is 20.5. The van der Waals surface area contributed by atoms with Crippen molar-refractivity contribution in [2.24, 2.45) is 0 Å². The molecular weight excluding hydrogens is 571 g/mol. The van der Waals surface area contributed by atoms with Gasteiger partial charge in [0.25, 0.3) is 0 Å². The van der Waals surface area contributed by atoms with Crippen molar-refractivity contribution in [3.63, 3.8) is 0 Å². The van der Waals surface area contributed by atoms with Crippen LogP contribution in [0.25, 0.3) is 0 Å². The maximum absolute atomic E-state index is 7.12. The highest BCUT2D eigenvalue weighted by molar-refractivity contribution is 6.32. The van der Waals surface area contributed by atoms with Crippen LogP contribution in [0.2, 0.25) is 5.02 Å². The Morgan fingerprint density at radius 3 is 2.40 bits per heavy atom. The van der Waals surface area contributed by atoms with Crippen LogP contribution in [0, 0.1) is 6.92 Å².